The third-order valence-electron chi connectivity index (χ3n) is 0.697. The Hall–Kier alpha value is -0.117. The number of rotatable bonds is 2. The Balaban J connectivity index is -0.0000000370. The van der Waals surface area contributed by atoms with Crippen LogP contribution in [-0.4, -0.2) is 11.9 Å². The second kappa shape index (κ2) is 16.3. The third kappa shape index (κ3) is 31.5. The van der Waals surface area contributed by atoms with E-state index in [2.05, 4.69) is 13.2 Å². The zero-order valence-electron chi connectivity index (χ0n) is 8.30. The van der Waals surface area contributed by atoms with Gasteiger partial charge in [-0.1, -0.05) is 13.2 Å². The molecule has 0 aromatic rings. The van der Waals surface area contributed by atoms with Crippen LogP contribution in [-0.2, 0) is 35.8 Å². The van der Waals surface area contributed by atoms with E-state index < -0.39 is 11.9 Å². The molecule has 0 bridgehead atoms. The molecule has 0 aliphatic carbocycles. The zero-order valence-corrected chi connectivity index (χ0v) is 12.3. The van der Waals surface area contributed by atoms with E-state index in [0.29, 0.717) is 0 Å². The van der Waals surface area contributed by atoms with Gasteiger partial charge in [0.15, 0.2) is 0 Å². The summed E-state index contributed by atoms with van der Waals surface area (Å²) in [7, 11) is 0. The molecule has 0 aliphatic rings. The summed E-state index contributed by atoms with van der Waals surface area (Å²) in [5.74, 6) is -2.37. The summed E-state index contributed by atoms with van der Waals surface area (Å²) >= 11 is 0. The monoisotopic (exact) mass is 330 g/mol. The van der Waals surface area contributed by atoms with Gasteiger partial charge in [-0.15, -0.1) is 0 Å². The van der Waals surface area contributed by atoms with E-state index in [9.17, 15) is 19.8 Å². The van der Waals surface area contributed by atoms with Gasteiger partial charge in [-0.2, -0.15) is 0 Å². The minimum absolute atomic E-state index is 0. The summed E-state index contributed by atoms with van der Waals surface area (Å²) in [6.45, 7) is 8.95. The predicted molar refractivity (Wildman–Crippen MR) is 39.6 cm³/mol. The maximum atomic E-state index is 9.49. The van der Waals surface area contributed by atoms with E-state index in [-0.39, 0.29) is 62.2 Å². The van der Waals surface area contributed by atoms with Crippen LogP contribution in [0.3, 0.4) is 0 Å². The summed E-state index contributed by atoms with van der Waals surface area (Å²) in [5, 5.41) is 19.0. The molecule has 0 saturated carbocycles. The van der Waals surface area contributed by atoms with Crippen molar-refractivity contribution >= 4 is 11.9 Å². The molecule has 0 aliphatic heterocycles. The molecule has 0 unspecified atom stereocenters. The van der Waals surface area contributed by atoms with Crippen molar-refractivity contribution in [2.24, 2.45) is 0 Å². The second-order valence-corrected chi connectivity index (χ2v) is 2.14. The first-order chi connectivity index (χ1) is 5.29. The van der Waals surface area contributed by atoms with Crippen LogP contribution in [0.2, 0.25) is 0 Å². The first kappa shape index (κ1) is 29.4. The number of hydrogen-bond acceptors (Lipinski definition) is 4. The predicted octanol–water partition coefficient (Wildman–Crippen LogP) is -7.37. The van der Waals surface area contributed by atoms with Gasteiger partial charge in [0.1, 0.15) is 0 Å². The van der Waals surface area contributed by atoms with Gasteiger partial charge in [0, 0.05) is 0 Å². The SMILES string of the molecule is C=C(C)C(=O)[O-].C=C(C)C(=O)[O-].[Cl-].[Cl-].[Zr+4]. The topological polar surface area (TPSA) is 80.3 Å². The van der Waals surface area contributed by atoms with Gasteiger partial charge in [-0.25, -0.2) is 0 Å². The van der Waals surface area contributed by atoms with Crippen LogP contribution >= 0.6 is 0 Å². The number of carbonyl (C=O) groups excluding carboxylic acids is 2. The summed E-state index contributed by atoms with van der Waals surface area (Å²) in [6, 6.07) is 0. The standard InChI is InChI=1S/2C4H6O2.2ClH.Zr/c2*1-3(2)4(5)6;;;/h2*1H2,2H3,(H,5,6);2*1H;/q;;;;+4/p-4. The van der Waals surface area contributed by atoms with Gasteiger partial charge < -0.3 is 44.6 Å². The minimum Gasteiger partial charge on any atom is -1.00 e. The summed E-state index contributed by atoms with van der Waals surface area (Å²) < 4.78 is 0. The van der Waals surface area contributed by atoms with Crippen LogP contribution in [0.4, 0.5) is 0 Å². The summed E-state index contributed by atoms with van der Waals surface area (Å²) in [4.78, 5) is 19.0. The van der Waals surface area contributed by atoms with Crippen molar-refractivity contribution in [3.8, 4) is 0 Å². The van der Waals surface area contributed by atoms with Gasteiger partial charge in [-0.3, -0.25) is 0 Å². The molecule has 0 saturated heterocycles. The van der Waals surface area contributed by atoms with Crippen LogP contribution in [0, 0.1) is 0 Å². The average Bonchev–Trinajstić information content (AvgIpc) is 1.88. The fourth-order valence-corrected chi connectivity index (χ4v) is 0. The molecule has 4 nitrogen and oxygen atoms in total. The van der Waals surface area contributed by atoms with Gasteiger partial charge in [0.2, 0.25) is 0 Å². The van der Waals surface area contributed by atoms with Gasteiger partial charge in [0.05, 0.1) is 11.9 Å². The fraction of sp³-hybridized carbons (Fsp3) is 0.250. The quantitative estimate of drug-likeness (QED) is 0.471. The minimum atomic E-state index is -1.19. The Morgan fingerprint density at radius 3 is 0.933 bits per heavy atom. The largest absolute Gasteiger partial charge is 4.00 e. The first-order valence-electron chi connectivity index (χ1n) is 3.02. The van der Waals surface area contributed by atoms with Crippen LogP contribution in [0.15, 0.2) is 24.3 Å². The van der Waals surface area contributed by atoms with Crippen molar-refractivity contribution in [3.63, 3.8) is 0 Å². The number of carboxylic acids is 2. The molecule has 0 aromatic carbocycles. The maximum absolute atomic E-state index is 9.49. The van der Waals surface area contributed by atoms with Gasteiger partial charge >= 0.3 is 26.2 Å². The maximum Gasteiger partial charge on any atom is 4.00 e. The number of carbonyl (C=O) groups is 2. The Morgan fingerprint density at radius 2 is 0.933 bits per heavy atom. The fourth-order valence-electron chi connectivity index (χ4n) is 0. The van der Waals surface area contributed by atoms with Gasteiger partial charge in [-0.05, 0) is 25.0 Å². The van der Waals surface area contributed by atoms with Crippen molar-refractivity contribution in [2.75, 3.05) is 0 Å². The molecular weight excluding hydrogens is 322 g/mol. The van der Waals surface area contributed by atoms with E-state index in [1.165, 1.54) is 13.8 Å². The van der Waals surface area contributed by atoms with E-state index in [1.54, 1.807) is 0 Å². The Labute approximate surface area is 120 Å². The smallest absolute Gasteiger partial charge is 1.00 e. The van der Waals surface area contributed by atoms with Crippen LogP contribution < -0.4 is 35.0 Å². The molecule has 7 heteroatoms. The van der Waals surface area contributed by atoms with E-state index in [1.807, 2.05) is 0 Å². The molecule has 84 valence electrons. The normalized spacial score (nSPS) is 6.00. The second-order valence-electron chi connectivity index (χ2n) is 2.14. The molecule has 0 N–H and O–H groups in total. The average molecular weight is 332 g/mol. The first-order valence-corrected chi connectivity index (χ1v) is 3.02. The summed E-state index contributed by atoms with van der Waals surface area (Å²) in [6.07, 6.45) is 0. The van der Waals surface area contributed by atoms with Crippen molar-refractivity contribution in [3.05, 3.63) is 24.3 Å². The molecule has 0 radical (unpaired) electrons. The molecule has 0 aromatic heterocycles. The van der Waals surface area contributed by atoms with Crippen LogP contribution in [0.25, 0.3) is 0 Å². The zero-order chi connectivity index (χ0) is 10.3. The van der Waals surface area contributed by atoms with E-state index >= 15 is 0 Å². The van der Waals surface area contributed by atoms with E-state index in [4.69, 9.17) is 0 Å². The molecular formula is C8H10Cl2O4Zr. The Morgan fingerprint density at radius 1 is 0.867 bits per heavy atom. The molecule has 0 heterocycles. The Bertz CT molecular complexity index is 181. The molecule has 0 fully saturated rings. The molecule has 15 heavy (non-hydrogen) atoms. The van der Waals surface area contributed by atoms with Crippen LogP contribution in [0.5, 0.6) is 0 Å². The molecule has 0 amide bonds. The Kier molecular flexibility index (Phi) is 31.9. The molecule has 0 spiro atoms. The number of carboxylic acid groups (broad SMARTS) is 2. The molecule has 0 rings (SSSR count). The summed E-state index contributed by atoms with van der Waals surface area (Å²) in [5.41, 5.74) is 0.130. The third-order valence-corrected chi connectivity index (χ3v) is 0.697. The number of hydrogen-bond donors (Lipinski definition) is 0. The van der Waals surface area contributed by atoms with Crippen molar-refractivity contribution in [1.29, 1.82) is 0 Å². The number of aliphatic carboxylic acids is 2. The number of halogens is 2. The van der Waals surface area contributed by atoms with Crippen molar-refractivity contribution < 1.29 is 70.8 Å². The molecule has 0 atom stereocenters. The van der Waals surface area contributed by atoms with Gasteiger partial charge in [0.25, 0.3) is 0 Å². The van der Waals surface area contributed by atoms with Crippen molar-refractivity contribution in [2.45, 2.75) is 13.8 Å². The van der Waals surface area contributed by atoms with Crippen molar-refractivity contribution in [1.82, 2.24) is 0 Å². The van der Waals surface area contributed by atoms with Crippen LogP contribution in [0.1, 0.15) is 13.8 Å². The van der Waals surface area contributed by atoms with E-state index in [0.717, 1.165) is 0 Å².